The fraction of sp³-hybridized carbons (Fsp3) is 0.417. The maximum absolute atomic E-state index is 6.07. The van der Waals surface area contributed by atoms with Gasteiger partial charge in [0.2, 0.25) is 5.88 Å². The summed E-state index contributed by atoms with van der Waals surface area (Å²) in [6, 6.07) is 0. The lowest BCUT2D eigenvalue weighted by Gasteiger charge is -2.06. The molecule has 0 saturated carbocycles. The summed E-state index contributed by atoms with van der Waals surface area (Å²) in [6.07, 6.45) is 4.79. The van der Waals surface area contributed by atoms with Gasteiger partial charge in [-0.15, -0.1) is 0 Å². The third-order valence-corrected chi connectivity index (χ3v) is 2.79. The molecule has 6 nitrogen and oxygen atoms in total. The number of ether oxygens (including phenoxy) is 1. The summed E-state index contributed by atoms with van der Waals surface area (Å²) >= 11 is 0. The predicted molar refractivity (Wildman–Crippen MR) is 68.9 cm³/mol. The van der Waals surface area contributed by atoms with Gasteiger partial charge < -0.3 is 10.5 Å². The van der Waals surface area contributed by atoms with E-state index < -0.39 is 0 Å². The van der Waals surface area contributed by atoms with Gasteiger partial charge in [0.1, 0.15) is 0 Å². The average Bonchev–Trinajstić information content (AvgIpc) is 2.75. The van der Waals surface area contributed by atoms with Gasteiger partial charge in [-0.2, -0.15) is 10.1 Å². The molecule has 0 radical (unpaired) electrons. The zero-order valence-corrected chi connectivity index (χ0v) is 10.8. The standard InChI is InChI=1S/C12H17N5O/c1-4-8-12(13)9(5-2)17(16-8)10-6-14-7-11(15-10)18-3/h6-7H,4-5,13H2,1-3H3. The van der Waals surface area contributed by atoms with Gasteiger partial charge in [0, 0.05) is 0 Å². The first-order chi connectivity index (χ1) is 8.71. The Balaban J connectivity index is 2.55. The Kier molecular flexibility index (Phi) is 3.45. The molecule has 0 aliphatic carbocycles. The number of rotatable bonds is 4. The maximum atomic E-state index is 6.07. The van der Waals surface area contributed by atoms with Gasteiger partial charge >= 0.3 is 0 Å². The van der Waals surface area contributed by atoms with Gasteiger partial charge in [0.25, 0.3) is 0 Å². The quantitative estimate of drug-likeness (QED) is 0.883. The molecule has 0 saturated heterocycles. The van der Waals surface area contributed by atoms with Crippen LogP contribution in [0.15, 0.2) is 12.4 Å². The van der Waals surface area contributed by atoms with Crippen LogP contribution in [0, 0.1) is 0 Å². The number of nitrogens with two attached hydrogens (primary N) is 1. The van der Waals surface area contributed by atoms with Crippen LogP contribution < -0.4 is 10.5 Å². The second-order valence-electron chi connectivity index (χ2n) is 3.85. The maximum Gasteiger partial charge on any atom is 0.234 e. The average molecular weight is 247 g/mol. The minimum Gasteiger partial charge on any atom is -0.480 e. The molecule has 6 heteroatoms. The van der Waals surface area contributed by atoms with E-state index in [1.165, 1.54) is 0 Å². The number of anilines is 1. The molecule has 0 spiro atoms. The molecule has 0 atom stereocenters. The lowest BCUT2D eigenvalue weighted by molar-refractivity contribution is 0.394. The summed E-state index contributed by atoms with van der Waals surface area (Å²) in [5, 5.41) is 4.48. The van der Waals surface area contributed by atoms with Crippen molar-refractivity contribution in [2.45, 2.75) is 26.7 Å². The third kappa shape index (κ3) is 2.01. The minimum absolute atomic E-state index is 0.460. The van der Waals surface area contributed by atoms with Crippen LogP contribution in [-0.4, -0.2) is 26.9 Å². The molecule has 0 bridgehead atoms. The van der Waals surface area contributed by atoms with Gasteiger partial charge in [-0.3, -0.25) is 4.98 Å². The molecule has 2 rings (SSSR count). The molecule has 0 aliphatic rings. The molecule has 0 aliphatic heterocycles. The fourth-order valence-electron chi connectivity index (χ4n) is 1.85. The van der Waals surface area contributed by atoms with E-state index in [-0.39, 0.29) is 0 Å². The highest BCUT2D eigenvalue weighted by molar-refractivity contribution is 5.50. The summed E-state index contributed by atoms with van der Waals surface area (Å²) in [5.74, 6) is 1.08. The summed E-state index contributed by atoms with van der Waals surface area (Å²) < 4.78 is 6.81. The first kappa shape index (κ1) is 12.3. The number of nitrogens with zero attached hydrogens (tertiary/aromatic N) is 4. The van der Waals surface area contributed by atoms with Gasteiger partial charge in [0.05, 0.1) is 36.6 Å². The van der Waals surface area contributed by atoms with Crippen LogP contribution in [0.4, 0.5) is 5.69 Å². The number of methoxy groups -OCH3 is 1. The summed E-state index contributed by atoms with van der Waals surface area (Å²) in [5.41, 5.74) is 8.65. The van der Waals surface area contributed by atoms with E-state index in [1.54, 1.807) is 24.2 Å². The highest BCUT2D eigenvalue weighted by atomic mass is 16.5. The molecule has 0 unspecified atom stereocenters. The molecule has 0 amide bonds. The van der Waals surface area contributed by atoms with Crippen molar-refractivity contribution in [1.29, 1.82) is 0 Å². The van der Waals surface area contributed by atoms with Crippen molar-refractivity contribution in [3.8, 4) is 11.7 Å². The zero-order valence-electron chi connectivity index (χ0n) is 10.8. The van der Waals surface area contributed by atoms with E-state index in [1.807, 2.05) is 13.8 Å². The number of nitrogen functional groups attached to an aromatic ring is 1. The van der Waals surface area contributed by atoms with Crippen LogP contribution in [0.25, 0.3) is 5.82 Å². The Hall–Kier alpha value is -2.11. The molecule has 0 fully saturated rings. The predicted octanol–water partition coefficient (Wildman–Crippen LogP) is 1.38. The Labute approximate surface area is 106 Å². The molecule has 2 aromatic heterocycles. The van der Waals surface area contributed by atoms with Crippen molar-refractivity contribution >= 4 is 5.69 Å². The van der Waals surface area contributed by atoms with Crippen molar-refractivity contribution in [1.82, 2.24) is 19.7 Å². The van der Waals surface area contributed by atoms with Crippen LogP contribution >= 0.6 is 0 Å². The third-order valence-electron chi connectivity index (χ3n) is 2.79. The molecular formula is C12H17N5O. The number of hydrogen-bond donors (Lipinski definition) is 1. The molecule has 2 aromatic rings. The van der Waals surface area contributed by atoms with Crippen LogP contribution in [-0.2, 0) is 12.8 Å². The first-order valence-corrected chi connectivity index (χ1v) is 5.93. The second-order valence-corrected chi connectivity index (χ2v) is 3.85. The van der Waals surface area contributed by atoms with Gasteiger partial charge in [-0.25, -0.2) is 4.68 Å². The van der Waals surface area contributed by atoms with E-state index in [4.69, 9.17) is 10.5 Å². The number of hydrogen-bond acceptors (Lipinski definition) is 5. The van der Waals surface area contributed by atoms with Crippen molar-refractivity contribution in [2.24, 2.45) is 0 Å². The topological polar surface area (TPSA) is 78.8 Å². The normalized spacial score (nSPS) is 10.6. The highest BCUT2D eigenvalue weighted by Gasteiger charge is 2.15. The number of aryl methyl sites for hydroxylation is 1. The molecule has 2 heterocycles. The monoisotopic (exact) mass is 247 g/mol. The van der Waals surface area contributed by atoms with E-state index in [0.29, 0.717) is 11.7 Å². The summed E-state index contributed by atoms with van der Waals surface area (Å²) in [4.78, 5) is 8.40. The van der Waals surface area contributed by atoms with Crippen molar-refractivity contribution in [2.75, 3.05) is 12.8 Å². The SMILES string of the molecule is CCc1nn(-c2cncc(OC)n2)c(CC)c1N. The minimum atomic E-state index is 0.460. The van der Waals surface area contributed by atoms with Crippen LogP contribution in [0.2, 0.25) is 0 Å². The molecule has 0 aromatic carbocycles. The van der Waals surface area contributed by atoms with E-state index >= 15 is 0 Å². The Bertz CT molecular complexity index is 549. The smallest absolute Gasteiger partial charge is 0.234 e. The van der Waals surface area contributed by atoms with Crippen LogP contribution in [0.1, 0.15) is 25.2 Å². The van der Waals surface area contributed by atoms with Crippen molar-refractivity contribution in [3.05, 3.63) is 23.8 Å². The fourth-order valence-corrected chi connectivity index (χ4v) is 1.85. The van der Waals surface area contributed by atoms with Crippen LogP contribution in [0.3, 0.4) is 0 Å². The lowest BCUT2D eigenvalue weighted by Crippen LogP contribution is -2.06. The number of aromatic nitrogens is 4. The Morgan fingerprint density at radius 1 is 1.28 bits per heavy atom. The molecule has 18 heavy (non-hydrogen) atoms. The van der Waals surface area contributed by atoms with Crippen LogP contribution in [0.5, 0.6) is 5.88 Å². The zero-order chi connectivity index (χ0) is 13.1. The lowest BCUT2D eigenvalue weighted by atomic mass is 10.2. The summed E-state index contributed by atoms with van der Waals surface area (Å²) in [6.45, 7) is 4.07. The van der Waals surface area contributed by atoms with E-state index in [0.717, 1.165) is 29.9 Å². The molecule has 2 N–H and O–H groups in total. The van der Waals surface area contributed by atoms with Crippen molar-refractivity contribution < 1.29 is 4.74 Å². The van der Waals surface area contributed by atoms with E-state index in [9.17, 15) is 0 Å². The second kappa shape index (κ2) is 5.03. The van der Waals surface area contributed by atoms with E-state index in [2.05, 4.69) is 15.1 Å². The summed E-state index contributed by atoms with van der Waals surface area (Å²) in [7, 11) is 1.56. The van der Waals surface area contributed by atoms with Gasteiger partial charge in [-0.05, 0) is 12.8 Å². The first-order valence-electron chi connectivity index (χ1n) is 5.93. The molecular weight excluding hydrogens is 230 g/mol. The molecule has 96 valence electrons. The van der Waals surface area contributed by atoms with Gasteiger partial charge in [0.15, 0.2) is 5.82 Å². The Morgan fingerprint density at radius 3 is 2.67 bits per heavy atom. The van der Waals surface area contributed by atoms with Gasteiger partial charge in [-0.1, -0.05) is 13.8 Å². The van der Waals surface area contributed by atoms with Crippen molar-refractivity contribution in [3.63, 3.8) is 0 Å². The highest BCUT2D eigenvalue weighted by Crippen LogP contribution is 2.21. The largest absolute Gasteiger partial charge is 0.480 e. The Morgan fingerprint density at radius 2 is 2.06 bits per heavy atom.